The van der Waals surface area contributed by atoms with Crippen molar-refractivity contribution < 1.29 is 0 Å². The molecular formula is C22H33ClIN5S. The standard InChI is InChI=1S/C22H32ClN5S.HI/c1-4-24-22(26-14-21-16(2)27-17(3)29-21)25-13-18-9-11-28(12-10-18)15-19-7-5-6-8-20(19)23;/h5-8,18H,4,9-15H2,1-3H3,(H2,24,25,26);1H. The van der Waals surface area contributed by atoms with E-state index in [1.54, 1.807) is 11.3 Å². The van der Waals surface area contributed by atoms with Crippen LogP contribution < -0.4 is 10.6 Å². The Bertz CT molecular complexity index is 818. The van der Waals surface area contributed by atoms with E-state index in [1.807, 2.05) is 19.1 Å². The topological polar surface area (TPSA) is 52.6 Å². The predicted octanol–water partition coefficient (Wildman–Crippen LogP) is 5.00. The minimum absolute atomic E-state index is 0. The summed E-state index contributed by atoms with van der Waals surface area (Å²) >= 11 is 8.05. The molecule has 166 valence electrons. The SMILES string of the molecule is CCNC(=NCc1sc(C)nc1C)NCC1CCN(Cc2ccccc2Cl)CC1.I. The minimum atomic E-state index is 0. The predicted molar refractivity (Wildman–Crippen MR) is 139 cm³/mol. The number of nitrogens with zero attached hydrogens (tertiary/aromatic N) is 3. The van der Waals surface area contributed by atoms with Crippen molar-refractivity contribution in [3.63, 3.8) is 0 Å². The average Bonchev–Trinajstić information content (AvgIpc) is 3.04. The van der Waals surface area contributed by atoms with Crippen LogP contribution >= 0.6 is 46.9 Å². The molecule has 1 aromatic carbocycles. The van der Waals surface area contributed by atoms with Crippen LogP contribution in [0.15, 0.2) is 29.3 Å². The van der Waals surface area contributed by atoms with E-state index in [9.17, 15) is 0 Å². The maximum absolute atomic E-state index is 6.31. The van der Waals surface area contributed by atoms with Crippen molar-refractivity contribution in [1.82, 2.24) is 20.5 Å². The van der Waals surface area contributed by atoms with Gasteiger partial charge in [-0.3, -0.25) is 4.90 Å². The molecule has 0 amide bonds. The molecule has 1 aliphatic heterocycles. The van der Waals surface area contributed by atoms with Gasteiger partial charge in [0.15, 0.2) is 5.96 Å². The maximum atomic E-state index is 6.31. The Hall–Kier alpha value is -0.900. The van der Waals surface area contributed by atoms with Gasteiger partial charge in [0, 0.05) is 29.5 Å². The minimum Gasteiger partial charge on any atom is -0.357 e. The molecule has 2 N–H and O–H groups in total. The molecule has 0 atom stereocenters. The molecule has 0 aliphatic carbocycles. The lowest BCUT2D eigenvalue weighted by atomic mass is 9.96. The van der Waals surface area contributed by atoms with Crippen LogP contribution in [0.25, 0.3) is 0 Å². The molecule has 1 aromatic heterocycles. The molecule has 8 heteroatoms. The molecule has 1 fully saturated rings. The van der Waals surface area contributed by atoms with E-state index in [0.717, 1.165) is 54.4 Å². The van der Waals surface area contributed by atoms with Crippen molar-refractivity contribution in [2.45, 2.75) is 46.7 Å². The third-order valence-corrected chi connectivity index (χ3v) is 6.77. The van der Waals surface area contributed by atoms with Gasteiger partial charge in [-0.2, -0.15) is 0 Å². The number of hydrogen-bond acceptors (Lipinski definition) is 4. The van der Waals surface area contributed by atoms with Crippen molar-refractivity contribution in [2.75, 3.05) is 26.2 Å². The summed E-state index contributed by atoms with van der Waals surface area (Å²) in [6, 6.07) is 8.16. The second kappa shape index (κ2) is 12.8. The fraction of sp³-hybridized carbons (Fsp3) is 0.545. The third-order valence-electron chi connectivity index (χ3n) is 5.34. The Balaban J connectivity index is 0.00000320. The first-order valence-electron chi connectivity index (χ1n) is 10.5. The Morgan fingerprint density at radius 3 is 2.60 bits per heavy atom. The fourth-order valence-electron chi connectivity index (χ4n) is 3.67. The summed E-state index contributed by atoms with van der Waals surface area (Å²) in [6.07, 6.45) is 2.40. The highest BCUT2D eigenvalue weighted by Gasteiger charge is 2.20. The highest BCUT2D eigenvalue weighted by Crippen LogP contribution is 2.22. The van der Waals surface area contributed by atoms with E-state index < -0.39 is 0 Å². The summed E-state index contributed by atoms with van der Waals surface area (Å²) < 4.78 is 0. The number of piperidine rings is 1. The van der Waals surface area contributed by atoms with Crippen molar-refractivity contribution in [3.05, 3.63) is 50.4 Å². The number of likely N-dealkylation sites (tertiary alicyclic amines) is 1. The lowest BCUT2D eigenvalue weighted by Crippen LogP contribution is -2.42. The Kier molecular flexibility index (Phi) is 10.8. The van der Waals surface area contributed by atoms with Crippen LogP contribution in [0.4, 0.5) is 0 Å². The van der Waals surface area contributed by atoms with Crippen LogP contribution in [0.1, 0.15) is 40.9 Å². The van der Waals surface area contributed by atoms with Gasteiger partial charge in [-0.05, 0) is 64.3 Å². The van der Waals surface area contributed by atoms with Crippen LogP contribution in [-0.4, -0.2) is 42.0 Å². The first kappa shape index (κ1) is 25.4. The van der Waals surface area contributed by atoms with Crippen molar-refractivity contribution in [1.29, 1.82) is 0 Å². The van der Waals surface area contributed by atoms with Crippen LogP contribution in [0.2, 0.25) is 5.02 Å². The lowest BCUT2D eigenvalue weighted by molar-refractivity contribution is 0.178. The molecule has 2 heterocycles. The monoisotopic (exact) mass is 561 g/mol. The average molecular weight is 562 g/mol. The lowest BCUT2D eigenvalue weighted by Gasteiger charge is -2.32. The summed E-state index contributed by atoms with van der Waals surface area (Å²) in [5.41, 5.74) is 2.32. The number of aromatic nitrogens is 1. The maximum Gasteiger partial charge on any atom is 0.191 e. The Morgan fingerprint density at radius 1 is 1.23 bits per heavy atom. The number of aliphatic imine (C=N–C) groups is 1. The zero-order chi connectivity index (χ0) is 20.6. The highest BCUT2D eigenvalue weighted by atomic mass is 127. The number of hydrogen-bond donors (Lipinski definition) is 2. The molecule has 0 spiro atoms. The van der Waals surface area contributed by atoms with Gasteiger partial charge in [-0.25, -0.2) is 9.98 Å². The molecule has 0 unspecified atom stereocenters. The molecule has 1 aliphatic rings. The smallest absolute Gasteiger partial charge is 0.191 e. The summed E-state index contributed by atoms with van der Waals surface area (Å²) in [5.74, 6) is 1.57. The van der Waals surface area contributed by atoms with Crippen LogP contribution in [-0.2, 0) is 13.1 Å². The Labute approximate surface area is 206 Å². The van der Waals surface area contributed by atoms with Crippen molar-refractivity contribution in [2.24, 2.45) is 10.9 Å². The number of benzene rings is 1. The van der Waals surface area contributed by atoms with E-state index in [0.29, 0.717) is 12.5 Å². The molecule has 30 heavy (non-hydrogen) atoms. The molecule has 5 nitrogen and oxygen atoms in total. The molecule has 2 aromatic rings. The van der Waals surface area contributed by atoms with Crippen LogP contribution in [0.3, 0.4) is 0 Å². The number of guanidine groups is 1. The van der Waals surface area contributed by atoms with Crippen LogP contribution in [0, 0.1) is 19.8 Å². The highest BCUT2D eigenvalue weighted by molar-refractivity contribution is 14.0. The number of thiazole rings is 1. The van der Waals surface area contributed by atoms with E-state index >= 15 is 0 Å². The Morgan fingerprint density at radius 2 is 1.97 bits per heavy atom. The van der Waals surface area contributed by atoms with Crippen LogP contribution in [0.5, 0.6) is 0 Å². The van der Waals surface area contributed by atoms with Gasteiger partial charge in [0.1, 0.15) is 0 Å². The zero-order valence-corrected chi connectivity index (χ0v) is 22.0. The van der Waals surface area contributed by atoms with Crippen molar-refractivity contribution >= 4 is 52.9 Å². The second-order valence-corrected chi connectivity index (χ2v) is 9.32. The molecule has 0 saturated carbocycles. The molecule has 3 rings (SSSR count). The molecular weight excluding hydrogens is 529 g/mol. The molecule has 0 radical (unpaired) electrons. The van der Waals surface area contributed by atoms with Gasteiger partial charge in [-0.15, -0.1) is 35.3 Å². The van der Waals surface area contributed by atoms with Gasteiger partial charge in [-0.1, -0.05) is 29.8 Å². The zero-order valence-electron chi connectivity index (χ0n) is 18.1. The summed E-state index contributed by atoms with van der Waals surface area (Å²) in [7, 11) is 0. The molecule has 0 bridgehead atoms. The quantitative estimate of drug-likeness (QED) is 0.284. The van der Waals surface area contributed by atoms with E-state index in [-0.39, 0.29) is 24.0 Å². The van der Waals surface area contributed by atoms with E-state index in [2.05, 4.69) is 46.5 Å². The summed E-state index contributed by atoms with van der Waals surface area (Å²) in [4.78, 5) is 13.0. The van der Waals surface area contributed by atoms with Gasteiger partial charge in [0.2, 0.25) is 0 Å². The van der Waals surface area contributed by atoms with E-state index in [1.165, 1.54) is 23.3 Å². The van der Waals surface area contributed by atoms with Gasteiger partial charge >= 0.3 is 0 Å². The summed E-state index contributed by atoms with van der Waals surface area (Å²) in [6.45, 7) is 11.9. The number of nitrogens with one attached hydrogen (secondary N) is 2. The molecule has 1 saturated heterocycles. The first-order valence-corrected chi connectivity index (χ1v) is 11.7. The van der Waals surface area contributed by atoms with E-state index in [4.69, 9.17) is 16.6 Å². The van der Waals surface area contributed by atoms with Gasteiger partial charge in [0.25, 0.3) is 0 Å². The van der Waals surface area contributed by atoms with Crippen molar-refractivity contribution in [3.8, 4) is 0 Å². The number of aryl methyl sites for hydroxylation is 2. The third kappa shape index (κ3) is 7.66. The van der Waals surface area contributed by atoms with Gasteiger partial charge < -0.3 is 10.6 Å². The largest absolute Gasteiger partial charge is 0.357 e. The number of halogens is 2. The van der Waals surface area contributed by atoms with Gasteiger partial charge in [0.05, 0.1) is 17.2 Å². The fourth-order valence-corrected chi connectivity index (χ4v) is 4.73. The normalized spacial score (nSPS) is 15.7. The first-order chi connectivity index (χ1) is 14.0. The second-order valence-electron chi connectivity index (χ2n) is 7.63. The summed E-state index contributed by atoms with van der Waals surface area (Å²) in [5, 5.41) is 8.88. The number of rotatable bonds is 7.